The van der Waals surface area contributed by atoms with E-state index in [-0.39, 0.29) is 23.5 Å². The van der Waals surface area contributed by atoms with Crippen LogP contribution in [0.3, 0.4) is 0 Å². The lowest BCUT2D eigenvalue weighted by Crippen LogP contribution is -2.25. The van der Waals surface area contributed by atoms with E-state index in [1.807, 2.05) is 6.92 Å². The first-order chi connectivity index (χ1) is 10.5. The average molecular weight is 328 g/mol. The van der Waals surface area contributed by atoms with E-state index in [1.54, 1.807) is 31.4 Å². The molecular weight excluding hydrogens is 304 g/mol. The molecule has 1 saturated carbocycles. The van der Waals surface area contributed by atoms with Crippen molar-refractivity contribution < 1.29 is 22.1 Å². The predicted octanol–water partition coefficient (Wildman–Crippen LogP) is 2.88. The normalized spacial score (nSPS) is 22.6. The second kappa shape index (κ2) is 8.06. The van der Waals surface area contributed by atoms with Crippen LogP contribution in [0.25, 0.3) is 0 Å². The molecule has 5 nitrogen and oxygen atoms in total. The zero-order chi connectivity index (χ0) is 16.0. The van der Waals surface area contributed by atoms with Crippen LogP contribution in [-0.2, 0) is 23.8 Å². The summed E-state index contributed by atoms with van der Waals surface area (Å²) in [6.45, 7) is 2.47. The van der Waals surface area contributed by atoms with Crippen molar-refractivity contribution >= 4 is 10.1 Å². The third kappa shape index (κ3) is 5.05. The first-order valence-corrected chi connectivity index (χ1v) is 8.98. The highest BCUT2D eigenvalue weighted by Gasteiger charge is 2.24. The van der Waals surface area contributed by atoms with Gasteiger partial charge in [-0.05, 0) is 50.7 Å². The molecule has 124 valence electrons. The first-order valence-electron chi connectivity index (χ1n) is 7.58. The molecular formula is C16H24O5S. The maximum absolute atomic E-state index is 12.1. The second-order valence-electron chi connectivity index (χ2n) is 5.77. The molecule has 0 bridgehead atoms. The Labute approximate surface area is 132 Å². The summed E-state index contributed by atoms with van der Waals surface area (Å²) in [4.78, 5) is 0.218. The fraction of sp³-hybridized carbons (Fsp3) is 0.625. The van der Waals surface area contributed by atoms with E-state index in [0.29, 0.717) is 6.79 Å². The Hall–Kier alpha value is -0.950. The molecule has 0 atom stereocenters. The number of hydrogen-bond donors (Lipinski definition) is 0. The van der Waals surface area contributed by atoms with E-state index in [2.05, 4.69) is 0 Å². The predicted molar refractivity (Wildman–Crippen MR) is 83.0 cm³/mol. The van der Waals surface area contributed by atoms with Gasteiger partial charge in [-0.25, -0.2) is 0 Å². The maximum atomic E-state index is 12.1. The summed E-state index contributed by atoms with van der Waals surface area (Å²) < 4.78 is 39.9. The van der Waals surface area contributed by atoms with Crippen LogP contribution in [0, 0.1) is 12.8 Å². The van der Waals surface area contributed by atoms with E-state index in [4.69, 9.17) is 13.7 Å². The topological polar surface area (TPSA) is 61.8 Å². The van der Waals surface area contributed by atoms with Crippen LogP contribution in [0.4, 0.5) is 0 Å². The van der Waals surface area contributed by atoms with Crippen molar-refractivity contribution in [2.24, 2.45) is 5.92 Å². The van der Waals surface area contributed by atoms with Gasteiger partial charge in [-0.2, -0.15) is 8.42 Å². The lowest BCUT2D eigenvalue weighted by Gasteiger charge is -2.27. The van der Waals surface area contributed by atoms with E-state index in [0.717, 1.165) is 31.2 Å². The minimum atomic E-state index is -3.66. The molecule has 1 aliphatic rings. The van der Waals surface area contributed by atoms with Crippen LogP contribution in [0.15, 0.2) is 29.2 Å². The quantitative estimate of drug-likeness (QED) is 0.569. The molecule has 1 aliphatic carbocycles. The number of benzene rings is 1. The molecule has 0 heterocycles. The highest BCUT2D eigenvalue weighted by Crippen LogP contribution is 2.27. The Morgan fingerprint density at radius 1 is 1.09 bits per heavy atom. The molecule has 0 radical (unpaired) electrons. The Morgan fingerprint density at radius 3 is 2.32 bits per heavy atom. The summed E-state index contributed by atoms with van der Waals surface area (Å²) in [7, 11) is -2.05. The van der Waals surface area contributed by atoms with E-state index in [9.17, 15) is 8.42 Å². The third-order valence-electron chi connectivity index (χ3n) is 3.98. The second-order valence-corrected chi connectivity index (χ2v) is 7.38. The summed E-state index contributed by atoms with van der Waals surface area (Å²) in [5.41, 5.74) is 1.02. The van der Waals surface area contributed by atoms with Crippen LogP contribution in [0.5, 0.6) is 0 Å². The molecule has 0 saturated heterocycles. The summed E-state index contributed by atoms with van der Waals surface area (Å²) >= 11 is 0. The van der Waals surface area contributed by atoms with Crippen LogP contribution in [-0.4, -0.2) is 35.0 Å². The van der Waals surface area contributed by atoms with Gasteiger partial charge in [0.15, 0.2) is 0 Å². The summed E-state index contributed by atoms with van der Waals surface area (Å²) in [6.07, 6.45) is 3.88. The van der Waals surface area contributed by atoms with Crippen molar-refractivity contribution in [2.45, 2.75) is 43.6 Å². The van der Waals surface area contributed by atoms with Crippen molar-refractivity contribution in [3.63, 3.8) is 0 Å². The fourth-order valence-corrected chi connectivity index (χ4v) is 3.57. The van der Waals surface area contributed by atoms with Gasteiger partial charge < -0.3 is 9.47 Å². The first kappa shape index (κ1) is 17.4. The van der Waals surface area contributed by atoms with E-state index >= 15 is 0 Å². The number of aryl methyl sites for hydroxylation is 1. The van der Waals surface area contributed by atoms with Gasteiger partial charge in [0.2, 0.25) is 0 Å². The molecule has 0 aromatic heterocycles. The molecule has 1 aromatic carbocycles. The molecule has 0 spiro atoms. The fourth-order valence-electron chi connectivity index (χ4n) is 2.59. The van der Waals surface area contributed by atoms with Crippen molar-refractivity contribution in [2.75, 3.05) is 20.5 Å². The molecule has 1 aromatic rings. The van der Waals surface area contributed by atoms with Gasteiger partial charge in [-0.1, -0.05) is 17.7 Å². The van der Waals surface area contributed by atoms with Crippen LogP contribution >= 0.6 is 0 Å². The molecule has 0 N–H and O–H groups in total. The molecule has 2 rings (SSSR count). The summed E-state index contributed by atoms with van der Waals surface area (Å²) in [5, 5.41) is 0. The zero-order valence-electron chi connectivity index (χ0n) is 13.2. The van der Waals surface area contributed by atoms with Gasteiger partial charge in [-0.3, -0.25) is 4.18 Å². The standard InChI is InChI=1S/C16H24O5S/c1-13-3-9-16(10-4-13)22(17,18)21-11-14-5-7-15(8-6-14)20-12-19-2/h3-4,9-10,14-15H,5-8,11-12H2,1-2H3. The SMILES string of the molecule is COCOC1CCC(COS(=O)(=O)c2ccc(C)cc2)CC1. The van der Waals surface area contributed by atoms with Gasteiger partial charge in [-0.15, -0.1) is 0 Å². The third-order valence-corrected chi connectivity index (χ3v) is 5.28. The average Bonchev–Trinajstić information content (AvgIpc) is 2.52. The Bertz CT molecular complexity index is 544. The Kier molecular flexibility index (Phi) is 6.37. The minimum Gasteiger partial charge on any atom is -0.359 e. The number of rotatable bonds is 7. The van der Waals surface area contributed by atoms with Crippen LogP contribution in [0.2, 0.25) is 0 Å². The van der Waals surface area contributed by atoms with Gasteiger partial charge >= 0.3 is 0 Å². The Balaban J connectivity index is 1.79. The Morgan fingerprint density at radius 2 is 1.73 bits per heavy atom. The highest BCUT2D eigenvalue weighted by molar-refractivity contribution is 7.86. The molecule has 0 aliphatic heterocycles. The molecule has 6 heteroatoms. The van der Waals surface area contributed by atoms with Gasteiger partial charge in [0, 0.05) is 7.11 Å². The van der Waals surface area contributed by atoms with Crippen molar-refractivity contribution in [3.8, 4) is 0 Å². The summed E-state index contributed by atoms with van der Waals surface area (Å²) in [6, 6.07) is 6.71. The number of hydrogen-bond acceptors (Lipinski definition) is 5. The van der Waals surface area contributed by atoms with Gasteiger partial charge in [0.1, 0.15) is 6.79 Å². The van der Waals surface area contributed by atoms with Gasteiger partial charge in [0.05, 0.1) is 17.6 Å². The lowest BCUT2D eigenvalue weighted by atomic mass is 9.88. The molecule has 0 unspecified atom stereocenters. The van der Waals surface area contributed by atoms with Crippen LogP contribution in [0.1, 0.15) is 31.2 Å². The smallest absolute Gasteiger partial charge is 0.296 e. The van der Waals surface area contributed by atoms with Crippen molar-refractivity contribution in [1.29, 1.82) is 0 Å². The molecule has 1 fully saturated rings. The zero-order valence-corrected chi connectivity index (χ0v) is 14.0. The minimum absolute atomic E-state index is 0.213. The molecule has 0 amide bonds. The largest absolute Gasteiger partial charge is 0.359 e. The van der Waals surface area contributed by atoms with Crippen molar-refractivity contribution in [1.82, 2.24) is 0 Å². The van der Waals surface area contributed by atoms with Crippen LogP contribution < -0.4 is 0 Å². The molecule has 22 heavy (non-hydrogen) atoms. The van der Waals surface area contributed by atoms with E-state index < -0.39 is 10.1 Å². The maximum Gasteiger partial charge on any atom is 0.296 e. The number of methoxy groups -OCH3 is 1. The van der Waals surface area contributed by atoms with E-state index in [1.165, 1.54) is 0 Å². The summed E-state index contributed by atoms with van der Waals surface area (Å²) in [5.74, 6) is 0.266. The lowest BCUT2D eigenvalue weighted by molar-refractivity contribution is -0.0868. The monoisotopic (exact) mass is 328 g/mol. The van der Waals surface area contributed by atoms with Crippen molar-refractivity contribution in [3.05, 3.63) is 29.8 Å². The highest BCUT2D eigenvalue weighted by atomic mass is 32.2. The number of ether oxygens (including phenoxy) is 2. The van der Waals surface area contributed by atoms with Gasteiger partial charge in [0.25, 0.3) is 10.1 Å².